The summed E-state index contributed by atoms with van der Waals surface area (Å²) in [5, 5.41) is 10.5. The van der Waals surface area contributed by atoms with Crippen molar-refractivity contribution in [2.24, 2.45) is 5.73 Å². The third-order valence-electron chi connectivity index (χ3n) is 3.50. The second kappa shape index (κ2) is 6.40. The molecule has 24 heavy (non-hydrogen) atoms. The van der Waals surface area contributed by atoms with Gasteiger partial charge < -0.3 is 10.5 Å². The molecule has 0 saturated heterocycles. The molecule has 0 spiro atoms. The second-order valence-corrected chi connectivity index (χ2v) is 5.87. The summed E-state index contributed by atoms with van der Waals surface area (Å²) >= 11 is 11.7. The predicted molar refractivity (Wildman–Crippen MR) is 92.6 cm³/mol. The highest BCUT2D eigenvalue weighted by Crippen LogP contribution is 2.34. The van der Waals surface area contributed by atoms with Gasteiger partial charge in [0.05, 0.1) is 5.57 Å². The molecule has 1 aliphatic heterocycles. The molecule has 1 aliphatic rings. The van der Waals surface area contributed by atoms with Gasteiger partial charge in [-0.05, 0) is 35.4 Å². The van der Waals surface area contributed by atoms with E-state index in [-0.39, 0.29) is 22.8 Å². The van der Waals surface area contributed by atoms with Gasteiger partial charge >= 0.3 is 0 Å². The van der Waals surface area contributed by atoms with E-state index >= 15 is 0 Å². The van der Waals surface area contributed by atoms with Crippen molar-refractivity contribution in [3.05, 3.63) is 81.3 Å². The van der Waals surface area contributed by atoms with Crippen LogP contribution in [0.5, 0.6) is 0 Å². The topological polar surface area (TPSA) is 76.1 Å². The smallest absolute Gasteiger partial charge is 0.235 e. The summed E-state index contributed by atoms with van der Waals surface area (Å²) in [5.41, 5.74) is 7.27. The van der Waals surface area contributed by atoms with E-state index in [1.807, 2.05) is 6.07 Å². The van der Waals surface area contributed by atoms with E-state index < -0.39 is 5.78 Å². The van der Waals surface area contributed by atoms with Crippen molar-refractivity contribution in [2.75, 3.05) is 0 Å². The number of nitrogens with two attached hydrogens (primary N) is 1. The number of nitriles is 1. The number of allylic oxidation sites excluding steroid dienone is 2. The Hall–Kier alpha value is -2.74. The van der Waals surface area contributed by atoms with E-state index in [4.69, 9.17) is 33.7 Å². The average Bonchev–Trinajstić information content (AvgIpc) is 2.86. The average molecular weight is 357 g/mol. The number of nitrogens with zero attached hydrogens (tertiary/aromatic N) is 1. The Labute approximate surface area is 148 Å². The molecular formula is C18H10Cl2N2O2. The maximum absolute atomic E-state index is 12.7. The van der Waals surface area contributed by atoms with Gasteiger partial charge in [-0.15, -0.1) is 0 Å². The number of hydrogen-bond donors (Lipinski definition) is 1. The summed E-state index contributed by atoms with van der Waals surface area (Å²) in [7, 11) is 0. The lowest BCUT2D eigenvalue weighted by Gasteiger charge is -2.04. The van der Waals surface area contributed by atoms with E-state index in [1.165, 1.54) is 0 Å². The Bertz CT molecular complexity index is 921. The van der Waals surface area contributed by atoms with E-state index in [1.54, 1.807) is 48.5 Å². The van der Waals surface area contributed by atoms with Crippen LogP contribution in [0.3, 0.4) is 0 Å². The van der Waals surface area contributed by atoms with Gasteiger partial charge in [-0.25, -0.2) is 0 Å². The molecular weight excluding hydrogens is 347 g/mol. The molecule has 0 bridgehead atoms. The molecule has 2 aromatic carbocycles. The number of ketones is 1. The van der Waals surface area contributed by atoms with E-state index in [0.29, 0.717) is 21.2 Å². The number of carbonyl (C=O) groups is 1. The zero-order valence-electron chi connectivity index (χ0n) is 12.2. The van der Waals surface area contributed by atoms with Gasteiger partial charge in [-0.2, -0.15) is 5.26 Å². The Morgan fingerprint density at radius 1 is 1.00 bits per heavy atom. The Balaban J connectivity index is 2.06. The zero-order valence-corrected chi connectivity index (χ0v) is 13.7. The first-order valence-electron chi connectivity index (χ1n) is 6.90. The zero-order chi connectivity index (χ0) is 17.3. The number of Topliss-reactive ketones (excluding diaryl/α,β-unsaturated/α-hetero) is 1. The Morgan fingerprint density at radius 3 is 2.08 bits per heavy atom. The van der Waals surface area contributed by atoms with Crippen molar-refractivity contribution in [1.82, 2.24) is 0 Å². The molecule has 0 radical (unpaired) electrons. The number of hydrogen-bond acceptors (Lipinski definition) is 4. The molecule has 2 aromatic rings. The van der Waals surface area contributed by atoms with Gasteiger partial charge in [-0.3, -0.25) is 4.79 Å². The molecule has 2 N–H and O–H groups in total. The summed E-state index contributed by atoms with van der Waals surface area (Å²) in [5.74, 6) is -0.581. The van der Waals surface area contributed by atoms with Crippen LogP contribution in [0.25, 0.3) is 11.1 Å². The normalized spacial score (nSPS) is 16.0. The van der Waals surface area contributed by atoms with Crippen molar-refractivity contribution < 1.29 is 9.53 Å². The molecule has 0 amide bonds. The Kier molecular flexibility index (Phi) is 4.30. The predicted octanol–water partition coefficient (Wildman–Crippen LogP) is 4.15. The molecule has 6 heteroatoms. The van der Waals surface area contributed by atoms with Crippen LogP contribution >= 0.6 is 23.2 Å². The maximum atomic E-state index is 12.7. The van der Waals surface area contributed by atoms with Crippen molar-refractivity contribution in [2.45, 2.75) is 0 Å². The first-order chi connectivity index (χ1) is 11.5. The van der Waals surface area contributed by atoms with Crippen molar-refractivity contribution >= 4 is 40.1 Å². The fourth-order valence-electron chi connectivity index (χ4n) is 2.35. The SMILES string of the molecule is N#C/C(=C1\OC(N)=C(c2ccc(Cl)cc2)C1=O)c1ccc(Cl)cc1. The van der Waals surface area contributed by atoms with Gasteiger partial charge in [0.1, 0.15) is 11.6 Å². The highest BCUT2D eigenvalue weighted by atomic mass is 35.5. The summed E-state index contributed by atoms with van der Waals surface area (Å²) < 4.78 is 5.41. The molecule has 0 aliphatic carbocycles. The van der Waals surface area contributed by atoms with Gasteiger partial charge in [0, 0.05) is 10.0 Å². The first kappa shape index (κ1) is 16.1. The molecule has 0 atom stereocenters. The largest absolute Gasteiger partial charge is 0.435 e. The van der Waals surface area contributed by atoms with Crippen LogP contribution in [-0.4, -0.2) is 5.78 Å². The standard InChI is InChI=1S/C18H10Cl2N2O2/c19-12-5-1-10(2-6-12)14(9-21)17-16(23)15(18(22)24-17)11-3-7-13(20)8-4-11/h1-8H,22H2/b17-14+. The molecule has 4 nitrogen and oxygen atoms in total. The highest BCUT2D eigenvalue weighted by molar-refractivity contribution is 6.33. The number of ether oxygens (including phenoxy) is 1. The van der Waals surface area contributed by atoms with Gasteiger partial charge in [0.15, 0.2) is 5.76 Å². The summed E-state index contributed by atoms with van der Waals surface area (Å²) in [6.45, 7) is 0. The number of benzene rings is 2. The minimum atomic E-state index is -0.443. The van der Waals surface area contributed by atoms with Crippen LogP contribution in [0.15, 0.2) is 60.2 Å². The summed E-state index contributed by atoms with van der Waals surface area (Å²) in [4.78, 5) is 12.7. The fraction of sp³-hybridized carbons (Fsp3) is 0. The van der Waals surface area contributed by atoms with Gasteiger partial charge in [0.25, 0.3) is 0 Å². The lowest BCUT2D eigenvalue weighted by Crippen LogP contribution is -2.02. The van der Waals surface area contributed by atoms with Crippen LogP contribution in [-0.2, 0) is 9.53 Å². The van der Waals surface area contributed by atoms with Crippen LogP contribution in [0, 0.1) is 11.3 Å². The lowest BCUT2D eigenvalue weighted by molar-refractivity contribution is -0.111. The minimum absolute atomic E-state index is 0.0426. The summed E-state index contributed by atoms with van der Waals surface area (Å²) in [6.07, 6.45) is 0. The van der Waals surface area contributed by atoms with Gasteiger partial charge in [-0.1, -0.05) is 47.5 Å². The van der Waals surface area contributed by atoms with E-state index in [9.17, 15) is 10.1 Å². The van der Waals surface area contributed by atoms with E-state index in [0.717, 1.165) is 0 Å². The third-order valence-corrected chi connectivity index (χ3v) is 4.00. The quantitative estimate of drug-likeness (QED) is 0.647. The second-order valence-electron chi connectivity index (χ2n) is 5.00. The molecule has 3 rings (SSSR count). The number of rotatable bonds is 2. The van der Waals surface area contributed by atoms with Gasteiger partial charge in [0.2, 0.25) is 11.7 Å². The van der Waals surface area contributed by atoms with Crippen LogP contribution in [0.1, 0.15) is 11.1 Å². The van der Waals surface area contributed by atoms with E-state index in [2.05, 4.69) is 0 Å². The Morgan fingerprint density at radius 2 is 1.54 bits per heavy atom. The molecule has 0 saturated carbocycles. The third kappa shape index (κ3) is 2.88. The van der Waals surface area contributed by atoms with Crippen molar-refractivity contribution in [1.29, 1.82) is 5.26 Å². The molecule has 0 unspecified atom stereocenters. The maximum Gasteiger partial charge on any atom is 0.235 e. The monoisotopic (exact) mass is 356 g/mol. The van der Waals surface area contributed by atoms with Crippen molar-refractivity contribution in [3.8, 4) is 6.07 Å². The number of carbonyl (C=O) groups excluding carboxylic acids is 1. The van der Waals surface area contributed by atoms with Crippen LogP contribution in [0.4, 0.5) is 0 Å². The van der Waals surface area contributed by atoms with Crippen molar-refractivity contribution in [3.63, 3.8) is 0 Å². The fourth-order valence-corrected chi connectivity index (χ4v) is 2.60. The minimum Gasteiger partial charge on any atom is -0.435 e. The van der Waals surface area contributed by atoms with Crippen LogP contribution < -0.4 is 5.73 Å². The first-order valence-corrected chi connectivity index (χ1v) is 7.65. The molecule has 1 heterocycles. The molecule has 118 valence electrons. The molecule has 0 aromatic heterocycles. The lowest BCUT2D eigenvalue weighted by atomic mass is 9.98. The number of halogens is 2. The summed E-state index contributed by atoms with van der Waals surface area (Å²) in [6, 6.07) is 15.2. The molecule has 0 fully saturated rings. The highest BCUT2D eigenvalue weighted by Gasteiger charge is 2.33. The van der Waals surface area contributed by atoms with Crippen LogP contribution in [0.2, 0.25) is 10.0 Å².